The molecule has 1 amide bonds. The molecule has 0 saturated carbocycles. The zero-order valence-corrected chi connectivity index (χ0v) is 15.9. The summed E-state index contributed by atoms with van der Waals surface area (Å²) in [6.45, 7) is 10.9. The molecule has 6 nitrogen and oxygen atoms in total. The average Bonchev–Trinajstić information content (AvgIpc) is 2.63. The normalized spacial score (nSPS) is 14.6. The molecular weight excluding hydrogens is 328 g/mol. The van der Waals surface area contributed by atoms with Crippen molar-refractivity contribution in [2.24, 2.45) is 0 Å². The first-order valence-corrected chi connectivity index (χ1v) is 9.05. The lowest BCUT2D eigenvalue weighted by molar-refractivity contribution is 0.102. The summed E-state index contributed by atoms with van der Waals surface area (Å²) in [4.78, 5) is 23.9. The fourth-order valence-electron chi connectivity index (χ4n) is 3.09. The Labute approximate surface area is 154 Å². The summed E-state index contributed by atoms with van der Waals surface area (Å²) < 4.78 is 5.38. The van der Waals surface area contributed by atoms with Crippen LogP contribution in [-0.2, 0) is 4.74 Å². The van der Waals surface area contributed by atoms with E-state index in [2.05, 4.69) is 40.1 Å². The molecule has 0 unspecified atom stereocenters. The highest BCUT2D eigenvalue weighted by atomic mass is 16.5. The first-order chi connectivity index (χ1) is 12.5. The number of anilines is 2. The molecule has 1 aliphatic rings. The molecule has 3 rings (SSSR count). The van der Waals surface area contributed by atoms with Gasteiger partial charge in [0.1, 0.15) is 5.69 Å². The highest BCUT2D eigenvalue weighted by molar-refractivity contribution is 6.04. The van der Waals surface area contributed by atoms with Crippen molar-refractivity contribution in [1.82, 2.24) is 9.97 Å². The molecule has 0 atom stereocenters. The van der Waals surface area contributed by atoms with Gasteiger partial charge in [0.05, 0.1) is 13.2 Å². The third-order valence-corrected chi connectivity index (χ3v) is 4.53. The van der Waals surface area contributed by atoms with E-state index in [-0.39, 0.29) is 5.91 Å². The standard InChI is InChI=1S/C20H26N4O2/c1-13(2)16-7-5-6-14(3)18(16)23-19(25)17-12-15(4)21-20(22-17)24-8-10-26-11-9-24/h5-7,12-13H,8-11H2,1-4H3,(H,23,25). The van der Waals surface area contributed by atoms with Gasteiger partial charge in [-0.2, -0.15) is 0 Å². The molecule has 26 heavy (non-hydrogen) atoms. The molecule has 0 radical (unpaired) electrons. The Bertz CT molecular complexity index is 798. The highest BCUT2D eigenvalue weighted by Gasteiger charge is 2.19. The lowest BCUT2D eigenvalue weighted by Crippen LogP contribution is -2.37. The third kappa shape index (κ3) is 4.02. The molecule has 1 fully saturated rings. The van der Waals surface area contributed by atoms with Gasteiger partial charge in [-0.3, -0.25) is 4.79 Å². The minimum Gasteiger partial charge on any atom is -0.378 e. The van der Waals surface area contributed by atoms with Gasteiger partial charge in [-0.15, -0.1) is 0 Å². The number of aryl methyl sites for hydroxylation is 2. The molecule has 1 aromatic carbocycles. The second-order valence-corrected chi connectivity index (χ2v) is 6.94. The van der Waals surface area contributed by atoms with E-state index >= 15 is 0 Å². The van der Waals surface area contributed by atoms with Crippen LogP contribution < -0.4 is 10.2 Å². The first-order valence-electron chi connectivity index (χ1n) is 9.05. The number of hydrogen-bond donors (Lipinski definition) is 1. The number of morpholine rings is 1. The number of hydrogen-bond acceptors (Lipinski definition) is 5. The van der Waals surface area contributed by atoms with Gasteiger partial charge in [-0.1, -0.05) is 32.0 Å². The smallest absolute Gasteiger partial charge is 0.274 e. The molecule has 0 bridgehead atoms. The summed E-state index contributed by atoms with van der Waals surface area (Å²) in [5.41, 5.74) is 4.20. The van der Waals surface area contributed by atoms with Crippen molar-refractivity contribution in [2.75, 3.05) is 36.5 Å². The van der Waals surface area contributed by atoms with E-state index in [1.54, 1.807) is 6.07 Å². The van der Waals surface area contributed by atoms with Crippen LogP contribution in [0.25, 0.3) is 0 Å². The fraction of sp³-hybridized carbons (Fsp3) is 0.450. The molecule has 6 heteroatoms. The average molecular weight is 354 g/mol. The summed E-state index contributed by atoms with van der Waals surface area (Å²) in [6, 6.07) is 7.81. The molecule has 2 heterocycles. The molecule has 1 N–H and O–H groups in total. The Morgan fingerprint density at radius 1 is 1.19 bits per heavy atom. The first kappa shape index (κ1) is 18.3. The molecule has 1 saturated heterocycles. The number of aromatic nitrogens is 2. The number of amides is 1. The molecule has 2 aromatic rings. The number of nitrogens with zero attached hydrogens (tertiary/aromatic N) is 3. The monoisotopic (exact) mass is 354 g/mol. The van der Waals surface area contributed by atoms with Crippen LogP contribution in [0.3, 0.4) is 0 Å². The number of ether oxygens (including phenoxy) is 1. The largest absolute Gasteiger partial charge is 0.378 e. The summed E-state index contributed by atoms with van der Waals surface area (Å²) in [5.74, 6) is 0.703. The summed E-state index contributed by atoms with van der Waals surface area (Å²) in [5, 5.41) is 3.06. The van der Waals surface area contributed by atoms with Crippen molar-refractivity contribution in [3.05, 3.63) is 46.8 Å². The molecule has 1 aliphatic heterocycles. The minimum atomic E-state index is -0.207. The van der Waals surface area contributed by atoms with Gasteiger partial charge in [-0.25, -0.2) is 9.97 Å². The Morgan fingerprint density at radius 3 is 2.62 bits per heavy atom. The van der Waals surface area contributed by atoms with Crippen LogP contribution in [0, 0.1) is 13.8 Å². The van der Waals surface area contributed by atoms with Gasteiger partial charge in [-0.05, 0) is 37.0 Å². The Kier molecular flexibility index (Phi) is 5.52. The van der Waals surface area contributed by atoms with Crippen LogP contribution in [0.1, 0.15) is 47.1 Å². The Balaban J connectivity index is 1.88. The van der Waals surface area contributed by atoms with Crippen molar-refractivity contribution >= 4 is 17.5 Å². The summed E-state index contributed by atoms with van der Waals surface area (Å²) in [6.07, 6.45) is 0. The second kappa shape index (κ2) is 7.83. The van der Waals surface area contributed by atoms with Gasteiger partial charge in [0.15, 0.2) is 0 Å². The molecule has 0 spiro atoms. The number of carbonyl (C=O) groups is 1. The molecule has 0 aliphatic carbocycles. The maximum atomic E-state index is 12.9. The van der Waals surface area contributed by atoms with Crippen molar-refractivity contribution in [3.63, 3.8) is 0 Å². The highest BCUT2D eigenvalue weighted by Crippen LogP contribution is 2.28. The van der Waals surface area contributed by atoms with Crippen molar-refractivity contribution < 1.29 is 9.53 Å². The van der Waals surface area contributed by atoms with Crippen molar-refractivity contribution in [1.29, 1.82) is 0 Å². The van der Waals surface area contributed by atoms with E-state index in [9.17, 15) is 4.79 Å². The number of benzene rings is 1. The zero-order chi connectivity index (χ0) is 18.7. The molecule has 1 aromatic heterocycles. The quantitative estimate of drug-likeness (QED) is 0.912. The van der Waals surface area contributed by atoms with Crippen LogP contribution in [0.2, 0.25) is 0 Å². The number of rotatable bonds is 4. The van der Waals surface area contributed by atoms with Gasteiger partial charge in [0.25, 0.3) is 5.91 Å². The van der Waals surface area contributed by atoms with Gasteiger partial charge in [0, 0.05) is 24.5 Å². The third-order valence-electron chi connectivity index (χ3n) is 4.53. The van der Waals surface area contributed by atoms with Crippen LogP contribution in [0.5, 0.6) is 0 Å². The zero-order valence-electron chi connectivity index (χ0n) is 15.9. The molecule has 138 valence electrons. The SMILES string of the molecule is Cc1cc(C(=O)Nc2c(C)cccc2C(C)C)nc(N2CCOCC2)n1. The van der Waals surface area contributed by atoms with Crippen LogP contribution >= 0.6 is 0 Å². The summed E-state index contributed by atoms with van der Waals surface area (Å²) in [7, 11) is 0. The van der Waals surface area contributed by atoms with E-state index < -0.39 is 0 Å². The number of nitrogens with one attached hydrogen (secondary N) is 1. The fourth-order valence-corrected chi connectivity index (χ4v) is 3.09. The lowest BCUT2D eigenvalue weighted by Gasteiger charge is -2.27. The molecular formula is C20H26N4O2. The van der Waals surface area contributed by atoms with E-state index in [0.29, 0.717) is 30.8 Å². The van der Waals surface area contributed by atoms with Crippen molar-refractivity contribution in [2.45, 2.75) is 33.6 Å². The van der Waals surface area contributed by atoms with E-state index in [1.165, 1.54) is 0 Å². The second-order valence-electron chi connectivity index (χ2n) is 6.94. The van der Waals surface area contributed by atoms with Gasteiger partial charge in [0.2, 0.25) is 5.95 Å². The Morgan fingerprint density at radius 2 is 1.92 bits per heavy atom. The van der Waals surface area contributed by atoms with Gasteiger partial charge < -0.3 is 15.0 Å². The van der Waals surface area contributed by atoms with E-state index in [0.717, 1.165) is 35.6 Å². The predicted molar refractivity (Wildman–Crippen MR) is 103 cm³/mol. The number of para-hydroxylation sites is 1. The summed E-state index contributed by atoms with van der Waals surface area (Å²) >= 11 is 0. The minimum absolute atomic E-state index is 0.207. The van der Waals surface area contributed by atoms with Crippen LogP contribution in [0.4, 0.5) is 11.6 Å². The lowest BCUT2D eigenvalue weighted by atomic mass is 9.98. The Hall–Kier alpha value is -2.47. The maximum Gasteiger partial charge on any atom is 0.274 e. The van der Waals surface area contributed by atoms with E-state index in [1.807, 2.05) is 26.0 Å². The predicted octanol–water partition coefficient (Wildman–Crippen LogP) is 3.31. The number of carbonyl (C=O) groups excluding carboxylic acids is 1. The van der Waals surface area contributed by atoms with Crippen LogP contribution in [-0.4, -0.2) is 42.2 Å². The van der Waals surface area contributed by atoms with E-state index in [4.69, 9.17) is 4.74 Å². The van der Waals surface area contributed by atoms with Gasteiger partial charge >= 0.3 is 0 Å². The van der Waals surface area contributed by atoms with Crippen molar-refractivity contribution in [3.8, 4) is 0 Å². The van der Waals surface area contributed by atoms with Crippen LogP contribution in [0.15, 0.2) is 24.3 Å². The topological polar surface area (TPSA) is 67.4 Å². The maximum absolute atomic E-state index is 12.9.